The lowest BCUT2D eigenvalue weighted by Gasteiger charge is -2.28. The second kappa shape index (κ2) is 9.77. The molecule has 0 unspecified atom stereocenters. The Morgan fingerprint density at radius 2 is 1.26 bits per heavy atom. The lowest BCUT2D eigenvalue weighted by Crippen LogP contribution is -2.29. The fourth-order valence-electron chi connectivity index (χ4n) is 3.44. The molecule has 0 saturated carbocycles. The van der Waals surface area contributed by atoms with Gasteiger partial charge in [0.2, 0.25) is 0 Å². The van der Waals surface area contributed by atoms with Crippen molar-refractivity contribution in [2.24, 2.45) is 0 Å². The highest BCUT2D eigenvalue weighted by Crippen LogP contribution is 2.29. The Kier molecular flexibility index (Phi) is 7.13. The highest BCUT2D eigenvalue weighted by atomic mass is 16.5. The Morgan fingerprint density at radius 3 is 1.74 bits per heavy atom. The SMILES string of the molecule is CCC1(O)CCc2ccccc2OCCOCCOc2ccccc2CC1. The smallest absolute Gasteiger partial charge is 0.122 e. The minimum Gasteiger partial charge on any atom is -0.491 e. The summed E-state index contributed by atoms with van der Waals surface area (Å²) in [6, 6.07) is 16.2. The molecule has 1 aliphatic heterocycles. The van der Waals surface area contributed by atoms with Crippen molar-refractivity contribution in [3.63, 3.8) is 0 Å². The Bertz CT molecular complexity index is 658. The van der Waals surface area contributed by atoms with Gasteiger partial charge in [-0.1, -0.05) is 43.3 Å². The second-order valence-electron chi connectivity index (χ2n) is 7.10. The Labute approximate surface area is 162 Å². The van der Waals surface area contributed by atoms with Crippen LogP contribution in [0.15, 0.2) is 48.5 Å². The molecule has 3 rings (SSSR count). The van der Waals surface area contributed by atoms with E-state index in [2.05, 4.69) is 19.1 Å². The van der Waals surface area contributed by atoms with Gasteiger partial charge >= 0.3 is 0 Å². The molecule has 0 spiro atoms. The predicted octanol–water partition coefficient (Wildman–Crippen LogP) is 4.18. The highest BCUT2D eigenvalue weighted by molar-refractivity contribution is 5.34. The van der Waals surface area contributed by atoms with Gasteiger partial charge in [0, 0.05) is 0 Å². The molecule has 0 saturated heterocycles. The van der Waals surface area contributed by atoms with E-state index in [1.165, 1.54) is 0 Å². The van der Waals surface area contributed by atoms with Crippen LogP contribution in [0.1, 0.15) is 37.3 Å². The number of hydrogen-bond donors (Lipinski definition) is 1. The van der Waals surface area contributed by atoms with Crippen LogP contribution < -0.4 is 9.47 Å². The first-order valence-corrected chi connectivity index (χ1v) is 9.92. The van der Waals surface area contributed by atoms with E-state index in [0.717, 1.165) is 41.9 Å². The van der Waals surface area contributed by atoms with Gasteiger partial charge in [-0.15, -0.1) is 0 Å². The van der Waals surface area contributed by atoms with Gasteiger partial charge in [-0.2, -0.15) is 0 Å². The molecule has 2 aromatic rings. The number of rotatable bonds is 1. The summed E-state index contributed by atoms with van der Waals surface area (Å²) in [6.45, 7) is 4.12. The first kappa shape index (κ1) is 19.7. The molecule has 0 aliphatic carbocycles. The highest BCUT2D eigenvalue weighted by Gasteiger charge is 2.25. The van der Waals surface area contributed by atoms with Crippen LogP contribution in [-0.2, 0) is 17.6 Å². The van der Waals surface area contributed by atoms with Crippen molar-refractivity contribution < 1.29 is 19.3 Å². The third-order valence-corrected chi connectivity index (χ3v) is 5.29. The van der Waals surface area contributed by atoms with Gasteiger partial charge in [-0.05, 0) is 55.4 Å². The van der Waals surface area contributed by atoms with Crippen molar-refractivity contribution in [3.05, 3.63) is 59.7 Å². The number of benzene rings is 2. The summed E-state index contributed by atoms with van der Waals surface area (Å²) in [6.07, 6.45) is 3.73. The van der Waals surface area contributed by atoms with Gasteiger partial charge in [-0.3, -0.25) is 0 Å². The van der Waals surface area contributed by atoms with E-state index in [0.29, 0.717) is 39.3 Å². The quantitative estimate of drug-likeness (QED) is 0.818. The fraction of sp³-hybridized carbons (Fsp3) is 0.478. The van der Waals surface area contributed by atoms with E-state index in [9.17, 15) is 5.11 Å². The zero-order valence-electron chi connectivity index (χ0n) is 16.2. The van der Waals surface area contributed by atoms with Gasteiger partial charge in [0.15, 0.2) is 0 Å². The zero-order valence-corrected chi connectivity index (χ0v) is 16.2. The first-order chi connectivity index (χ1) is 13.2. The molecular formula is C23H30O4. The molecule has 0 amide bonds. The van der Waals surface area contributed by atoms with Crippen molar-refractivity contribution >= 4 is 0 Å². The maximum absolute atomic E-state index is 11.1. The summed E-state index contributed by atoms with van der Waals surface area (Å²) in [5.41, 5.74) is 1.58. The van der Waals surface area contributed by atoms with Crippen LogP contribution in [0.2, 0.25) is 0 Å². The van der Waals surface area contributed by atoms with Gasteiger partial charge in [0.1, 0.15) is 24.7 Å². The summed E-state index contributed by atoms with van der Waals surface area (Å²) < 4.78 is 17.4. The van der Waals surface area contributed by atoms with E-state index >= 15 is 0 Å². The number of aliphatic hydroxyl groups is 1. The minimum atomic E-state index is -0.694. The van der Waals surface area contributed by atoms with Gasteiger partial charge in [0.05, 0.1) is 18.8 Å². The molecule has 146 valence electrons. The van der Waals surface area contributed by atoms with Crippen molar-refractivity contribution in [2.45, 2.75) is 44.6 Å². The second-order valence-corrected chi connectivity index (χ2v) is 7.10. The molecule has 1 N–H and O–H groups in total. The van der Waals surface area contributed by atoms with Crippen LogP contribution in [0.25, 0.3) is 0 Å². The van der Waals surface area contributed by atoms with E-state index in [-0.39, 0.29) is 0 Å². The van der Waals surface area contributed by atoms with Crippen LogP contribution >= 0.6 is 0 Å². The van der Waals surface area contributed by atoms with E-state index in [1.807, 2.05) is 36.4 Å². The minimum absolute atomic E-state index is 0.506. The molecular weight excluding hydrogens is 340 g/mol. The number of aryl methyl sites for hydroxylation is 2. The molecule has 4 heteroatoms. The normalized spacial score (nSPS) is 18.4. The standard InChI is InChI=1S/C23H30O4/c1-2-23(24)13-11-19-7-3-5-9-21(19)26-17-15-25-16-18-27-22-10-6-4-8-20(22)12-14-23/h3-10,24H,2,11-18H2,1H3. The van der Waals surface area contributed by atoms with Crippen LogP contribution in [0, 0.1) is 0 Å². The Hall–Kier alpha value is -2.04. The Balaban J connectivity index is 1.77. The molecule has 2 aromatic carbocycles. The molecule has 0 aromatic heterocycles. The predicted molar refractivity (Wildman–Crippen MR) is 107 cm³/mol. The maximum Gasteiger partial charge on any atom is 0.122 e. The monoisotopic (exact) mass is 370 g/mol. The lowest BCUT2D eigenvalue weighted by atomic mass is 9.86. The van der Waals surface area contributed by atoms with Crippen LogP contribution in [0.5, 0.6) is 11.5 Å². The molecule has 0 atom stereocenters. The van der Waals surface area contributed by atoms with Crippen LogP contribution in [0.4, 0.5) is 0 Å². The molecule has 0 radical (unpaired) electrons. The molecule has 0 fully saturated rings. The molecule has 1 aliphatic rings. The van der Waals surface area contributed by atoms with Crippen molar-refractivity contribution in [1.29, 1.82) is 0 Å². The molecule has 4 nitrogen and oxygen atoms in total. The van der Waals surface area contributed by atoms with Crippen LogP contribution in [0.3, 0.4) is 0 Å². The van der Waals surface area contributed by atoms with Gasteiger partial charge < -0.3 is 19.3 Å². The molecule has 0 bridgehead atoms. The summed E-state index contributed by atoms with van der Waals surface area (Å²) >= 11 is 0. The van der Waals surface area contributed by atoms with E-state index in [4.69, 9.17) is 14.2 Å². The zero-order chi connectivity index (χ0) is 19.0. The first-order valence-electron chi connectivity index (χ1n) is 9.92. The number of fused-ring (bicyclic) bond motifs is 2. The summed E-state index contributed by atoms with van der Waals surface area (Å²) in [7, 11) is 0. The topological polar surface area (TPSA) is 47.9 Å². The number of ether oxygens (including phenoxy) is 3. The largest absolute Gasteiger partial charge is 0.491 e. The summed E-state index contributed by atoms with van der Waals surface area (Å²) in [5.74, 6) is 1.77. The van der Waals surface area contributed by atoms with E-state index < -0.39 is 5.60 Å². The molecule has 27 heavy (non-hydrogen) atoms. The lowest BCUT2D eigenvalue weighted by molar-refractivity contribution is 0.0189. The number of para-hydroxylation sites is 2. The average Bonchev–Trinajstić information content (AvgIpc) is 2.71. The third kappa shape index (κ3) is 5.72. The van der Waals surface area contributed by atoms with Crippen molar-refractivity contribution in [2.75, 3.05) is 26.4 Å². The Morgan fingerprint density at radius 1 is 0.778 bits per heavy atom. The summed E-state index contributed by atoms with van der Waals surface area (Å²) in [4.78, 5) is 0. The van der Waals surface area contributed by atoms with E-state index in [1.54, 1.807) is 0 Å². The average molecular weight is 370 g/mol. The summed E-state index contributed by atoms with van der Waals surface area (Å²) in [5, 5.41) is 11.1. The van der Waals surface area contributed by atoms with Crippen molar-refractivity contribution in [1.82, 2.24) is 0 Å². The van der Waals surface area contributed by atoms with Gasteiger partial charge in [0.25, 0.3) is 0 Å². The van der Waals surface area contributed by atoms with Crippen molar-refractivity contribution in [3.8, 4) is 11.5 Å². The third-order valence-electron chi connectivity index (χ3n) is 5.29. The van der Waals surface area contributed by atoms with Gasteiger partial charge in [-0.25, -0.2) is 0 Å². The fourth-order valence-corrected chi connectivity index (χ4v) is 3.44. The maximum atomic E-state index is 11.1. The number of hydrogen-bond acceptors (Lipinski definition) is 4. The molecule has 1 heterocycles. The van der Waals surface area contributed by atoms with Crippen LogP contribution in [-0.4, -0.2) is 37.1 Å².